The molecule has 7 atom stereocenters. The highest BCUT2D eigenvalue weighted by Crippen LogP contribution is 2.59. The molecule has 168 valence electrons. The van der Waals surface area contributed by atoms with Crippen LogP contribution in [0.4, 0.5) is 0 Å². The first-order valence-electron chi connectivity index (χ1n) is 12.3. The van der Waals surface area contributed by atoms with Gasteiger partial charge in [-0.1, -0.05) is 71.1 Å². The Bertz CT molecular complexity index is 712. The summed E-state index contributed by atoms with van der Waals surface area (Å²) in [5.74, 6) is 3.38. The quantitative estimate of drug-likeness (QED) is 0.499. The van der Waals surface area contributed by atoms with E-state index in [-0.39, 0.29) is 0 Å². The Hall–Kier alpha value is -1.12. The molecule has 0 aromatic rings. The lowest BCUT2D eigenvalue weighted by Crippen LogP contribution is -2.35. The first-order valence-corrected chi connectivity index (χ1v) is 12.3. The molecule has 0 aromatic carbocycles. The number of rotatable bonds is 5. The van der Waals surface area contributed by atoms with Gasteiger partial charge in [0.15, 0.2) is 0 Å². The summed E-state index contributed by atoms with van der Waals surface area (Å²) in [5.41, 5.74) is 3.77. The van der Waals surface area contributed by atoms with Crippen molar-refractivity contribution in [2.45, 2.75) is 91.8 Å². The molecule has 3 rings (SSSR count). The van der Waals surface area contributed by atoms with E-state index in [4.69, 9.17) is 0 Å². The van der Waals surface area contributed by atoms with Crippen molar-refractivity contribution >= 4 is 0 Å². The van der Waals surface area contributed by atoms with Crippen LogP contribution in [-0.2, 0) is 0 Å². The molecule has 0 radical (unpaired) electrons. The van der Waals surface area contributed by atoms with E-state index in [0.29, 0.717) is 41.9 Å². The van der Waals surface area contributed by atoms with Crippen molar-refractivity contribution in [1.82, 2.24) is 0 Å². The van der Waals surface area contributed by atoms with Crippen LogP contribution in [0.1, 0.15) is 79.6 Å². The van der Waals surface area contributed by atoms with Gasteiger partial charge < -0.3 is 10.2 Å². The summed E-state index contributed by atoms with van der Waals surface area (Å²) in [7, 11) is 0. The van der Waals surface area contributed by atoms with E-state index in [1.165, 1.54) is 32.1 Å². The fraction of sp³-hybridized carbons (Fsp3) is 0.714. The van der Waals surface area contributed by atoms with E-state index in [1.807, 2.05) is 0 Å². The minimum atomic E-state index is -0.605. The topological polar surface area (TPSA) is 40.5 Å². The Morgan fingerprint density at radius 3 is 2.50 bits per heavy atom. The summed E-state index contributed by atoms with van der Waals surface area (Å²) in [5, 5.41) is 20.2. The van der Waals surface area contributed by atoms with Gasteiger partial charge in [-0.2, -0.15) is 0 Å². The lowest BCUT2D eigenvalue weighted by molar-refractivity contribution is 0.0862. The Kier molecular flexibility index (Phi) is 7.51. The van der Waals surface area contributed by atoms with E-state index in [1.54, 1.807) is 5.57 Å². The van der Waals surface area contributed by atoms with Crippen molar-refractivity contribution in [2.75, 3.05) is 0 Å². The van der Waals surface area contributed by atoms with Gasteiger partial charge >= 0.3 is 0 Å². The molecule has 3 fully saturated rings. The molecule has 0 spiro atoms. The van der Waals surface area contributed by atoms with Crippen LogP contribution >= 0.6 is 0 Å². The summed E-state index contributed by atoms with van der Waals surface area (Å²) >= 11 is 0. The molecule has 0 saturated heterocycles. The molecule has 0 bridgehead atoms. The maximum Gasteiger partial charge on any atom is 0.0811 e. The van der Waals surface area contributed by atoms with Crippen molar-refractivity contribution in [2.24, 2.45) is 35.0 Å². The third-order valence-corrected chi connectivity index (χ3v) is 8.71. The predicted octanol–water partition coefficient (Wildman–Crippen LogP) is 6.61. The second-order valence-corrected chi connectivity index (χ2v) is 11.0. The van der Waals surface area contributed by atoms with E-state index in [2.05, 4.69) is 65.5 Å². The van der Waals surface area contributed by atoms with Crippen molar-refractivity contribution in [3.05, 3.63) is 47.6 Å². The molecule has 2 N–H and O–H groups in total. The number of fused-ring (bicyclic) bond motifs is 1. The van der Waals surface area contributed by atoms with Gasteiger partial charge in [-0.25, -0.2) is 0 Å². The van der Waals surface area contributed by atoms with Gasteiger partial charge in [0.25, 0.3) is 0 Å². The lowest BCUT2D eigenvalue weighted by atomic mass is 9.61. The van der Waals surface area contributed by atoms with Crippen LogP contribution < -0.4 is 0 Å². The van der Waals surface area contributed by atoms with Gasteiger partial charge in [0.1, 0.15) is 0 Å². The average Bonchev–Trinajstić information content (AvgIpc) is 3.04. The summed E-state index contributed by atoms with van der Waals surface area (Å²) in [4.78, 5) is 0. The van der Waals surface area contributed by atoms with E-state index in [9.17, 15) is 10.2 Å². The molecule has 0 heterocycles. The zero-order chi connectivity index (χ0) is 22.1. The first-order chi connectivity index (χ1) is 14.1. The van der Waals surface area contributed by atoms with Crippen LogP contribution in [0.2, 0.25) is 0 Å². The normalized spacial score (nSPS) is 39.8. The minimum Gasteiger partial charge on any atom is -0.393 e. The molecule has 3 saturated carbocycles. The maximum atomic E-state index is 10.1. The largest absolute Gasteiger partial charge is 0.393 e. The second kappa shape index (κ2) is 9.57. The fourth-order valence-electron chi connectivity index (χ4n) is 6.32. The van der Waals surface area contributed by atoms with Crippen molar-refractivity contribution in [1.29, 1.82) is 0 Å². The zero-order valence-electron chi connectivity index (χ0n) is 19.9. The Morgan fingerprint density at radius 1 is 1.07 bits per heavy atom. The highest BCUT2D eigenvalue weighted by Gasteiger charge is 2.50. The van der Waals surface area contributed by atoms with Crippen LogP contribution in [0.5, 0.6) is 0 Å². The fourth-order valence-corrected chi connectivity index (χ4v) is 6.32. The monoisotopic (exact) mass is 412 g/mol. The number of hydrogen-bond donors (Lipinski definition) is 2. The lowest BCUT2D eigenvalue weighted by Gasteiger charge is -2.44. The SMILES string of the molecule is C=C1C(=C/C=C2\CCC[C@]3(C)[C@@H]([C@H](C)/C=C/[C@H](C)C(C)C)CC[C@@H]23)C[C@@H](O)C[C@@H]1O. The van der Waals surface area contributed by atoms with Crippen LogP contribution in [0.15, 0.2) is 47.6 Å². The van der Waals surface area contributed by atoms with E-state index >= 15 is 0 Å². The third kappa shape index (κ3) is 4.86. The van der Waals surface area contributed by atoms with E-state index < -0.39 is 12.2 Å². The molecule has 2 heteroatoms. The van der Waals surface area contributed by atoms with Gasteiger partial charge in [-0.3, -0.25) is 0 Å². The summed E-state index contributed by atoms with van der Waals surface area (Å²) in [6, 6.07) is 0. The standard InChI is InChI=1S/C28H44O2/c1-18(2)19(3)9-10-20(4)25-13-14-26-22(8-7-15-28(25,26)6)11-12-23-16-24(29)17-27(30)21(23)5/h9-12,18-20,24-27,29-30H,5,7-8,13-17H2,1-4,6H3/b10-9+,22-11+,23-12?/t19-,20+,24+,25+,26-,27-,28+/m0/s1. The van der Waals surface area contributed by atoms with Gasteiger partial charge in [0.05, 0.1) is 12.2 Å². The van der Waals surface area contributed by atoms with Gasteiger partial charge in [-0.15, -0.1) is 0 Å². The Morgan fingerprint density at radius 2 is 1.80 bits per heavy atom. The first kappa shape index (κ1) is 23.5. The molecule has 0 unspecified atom stereocenters. The maximum absolute atomic E-state index is 10.1. The highest BCUT2D eigenvalue weighted by molar-refractivity contribution is 5.38. The van der Waals surface area contributed by atoms with Crippen LogP contribution in [0.3, 0.4) is 0 Å². The average molecular weight is 413 g/mol. The number of hydrogen-bond acceptors (Lipinski definition) is 2. The zero-order valence-corrected chi connectivity index (χ0v) is 19.9. The summed E-state index contributed by atoms with van der Waals surface area (Å²) in [6.07, 6.45) is 15.8. The van der Waals surface area contributed by atoms with Gasteiger partial charge in [0.2, 0.25) is 0 Å². The summed E-state index contributed by atoms with van der Waals surface area (Å²) < 4.78 is 0. The Labute approximate surface area is 184 Å². The molecule has 3 aliphatic carbocycles. The number of allylic oxidation sites excluding steroid dienone is 5. The van der Waals surface area contributed by atoms with Crippen LogP contribution in [0.25, 0.3) is 0 Å². The smallest absolute Gasteiger partial charge is 0.0811 e. The minimum absolute atomic E-state index is 0.385. The Balaban J connectivity index is 1.76. The van der Waals surface area contributed by atoms with Crippen molar-refractivity contribution < 1.29 is 10.2 Å². The highest BCUT2D eigenvalue weighted by atomic mass is 16.3. The van der Waals surface area contributed by atoms with Crippen molar-refractivity contribution in [3.63, 3.8) is 0 Å². The predicted molar refractivity (Wildman–Crippen MR) is 127 cm³/mol. The molecular weight excluding hydrogens is 368 g/mol. The number of aliphatic hydroxyl groups excluding tert-OH is 2. The summed E-state index contributed by atoms with van der Waals surface area (Å²) in [6.45, 7) is 16.0. The van der Waals surface area contributed by atoms with Gasteiger partial charge in [-0.05, 0) is 84.7 Å². The molecule has 0 aromatic heterocycles. The van der Waals surface area contributed by atoms with Crippen LogP contribution in [-0.4, -0.2) is 22.4 Å². The van der Waals surface area contributed by atoms with E-state index in [0.717, 1.165) is 17.1 Å². The number of aliphatic hydroxyl groups is 2. The molecule has 30 heavy (non-hydrogen) atoms. The molecule has 3 aliphatic rings. The third-order valence-electron chi connectivity index (χ3n) is 8.71. The molecular formula is C28H44O2. The second-order valence-electron chi connectivity index (χ2n) is 11.0. The molecule has 2 nitrogen and oxygen atoms in total. The molecule has 0 aliphatic heterocycles. The van der Waals surface area contributed by atoms with Crippen molar-refractivity contribution in [3.8, 4) is 0 Å². The van der Waals surface area contributed by atoms with Crippen LogP contribution in [0, 0.1) is 35.0 Å². The molecule has 0 amide bonds. The van der Waals surface area contributed by atoms with Gasteiger partial charge in [0, 0.05) is 6.42 Å².